The second-order valence-corrected chi connectivity index (χ2v) is 6.16. The third-order valence-electron chi connectivity index (χ3n) is 5.78. The molecule has 4 saturated carbocycles. The van der Waals surface area contributed by atoms with Crippen molar-refractivity contribution in [1.82, 2.24) is 0 Å². The molecule has 5 heteroatoms. The Labute approximate surface area is 163 Å². The molecule has 0 aromatic rings. The summed E-state index contributed by atoms with van der Waals surface area (Å²) in [7, 11) is 0. The summed E-state index contributed by atoms with van der Waals surface area (Å²) in [6.07, 6.45) is 20.2. The van der Waals surface area contributed by atoms with E-state index in [1.807, 2.05) is 0 Å². The molecule has 25 heavy (non-hydrogen) atoms. The van der Waals surface area contributed by atoms with Gasteiger partial charge < -0.3 is 0 Å². The van der Waals surface area contributed by atoms with Crippen LogP contribution in [0.4, 0.5) is 0 Å². The molecule has 4 fully saturated rings. The van der Waals surface area contributed by atoms with Gasteiger partial charge in [-0.3, -0.25) is 0 Å². The molecule has 0 spiro atoms. The first kappa shape index (κ1) is 24.1. The third kappa shape index (κ3) is 3.95. The molecule has 8 aliphatic rings. The van der Waals surface area contributed by atoms with E-state index in [0.29, 0.717) is 5.92 Å². The van der Waals surface area contributed by atoms with Gasteiger partial charge >= 0.3 is 45.2 Å². The van der Waals surface area contributed by atoms with Crippen molar-refractivity contribution >= 4 is 0 Å². The van der Waals surface area contributed by atoms with E-state index in [1.165, 1.54) is 0 Å². The van der Waals surface area contributed by atoms with Crippen molar-refractivity contribution in [3.63, 3.8) is 0 Å². The first-order valence-corrected chi connectivity index (χ1v) is 7.48. The number of allylic oxidation sites excluding steroid dienone is 4. The van der Waals surface area contributed by atoms with Crippen LogP contribution >= 0.6 is 0 Å². The fraction of sp³-hybridized carbons (Fsp3) is 0.400. The average molecular weight is 416 g/mol. The topological polar surface area (TPSA) is 79.6 Å². The van der Waals surface area contributed by atoms with E-state index in [9.17, 15) is 0 Å². The van der Waals surface area contributed by atoms with Gasteiger partial charge in [0, 0.05) is 21.1 Å². The quantitative estimate of drug-likeness (QED) is 0.252. The van der Waals surface area contributed by atoms with Crippen molar-refractivity contribution < 1.29 is 39.7 Å². The molecule has 8 aliphatic carbocycles. The number of fused-ring (bicyclic) bond motifs is 1. The van der Waals surface area contributed by atoms with Crippen molar-refractivity contribution in [2.24, 2.45) is 47.3 Å². The average Bonchev–Trinajstić information content (AvgIpc) is 2.65. The molecule has 126 valence electrons. The van der Waals surface area contributed by atoms with E-state index in [-0.39, 0.29) is 21.1 Å². The van der Waals surface area contributed by atoms with Crippen molar-refractivity contribution in [2.45, 2.75) is 0 Å². The van der Waals surface area contributed by atoms with Gasteiger partial charge in [-0.2, -0.15) is 0 Å². The van der Waals surface area contributed by atoms with Gasteiger partial charge in [-0.15, -0.1) is 0 Å². The van der Waals surface area contributed by atoms with Gasteiger partial charge in [0.1, 0.15) is 0 Å². The van der Waals surface area contributed by atoms with Crippen LogP contribution in [-0.2, 0) is 39.7 Å². The SMILES string of the molecule is [C-]#[O+].[C-]#[O+].[C-]#[O+].[C-]#[O+].[CH]1[CH]C2C3[CH][CH]C4C1C1C=CC4C3C2/C=C\1.[Mo]. The molecule has 8 atom stereocenters. The Morgan fingerprint density at radius 3 is 1.28 bits per heavy atom. The van der Waals surface area contributed by atoms with Crippen LogP contribution in [0.1, 0.15) is 0 Å². The molecule has 8 bridgehead atoms. The Morgan fingerprint density at radius 1 is 0.440 bits per heavy atom. The first-order valence-electron chi connectivity index (χ1n) is 7.48. The van der Waals surface area contributed by atoms with Gasteiger partial charge in [0.15, 0.2) is 0 Å². The van der Waals surface area contributed by atoms with Gasteiger partial charge in [0.25, 0.3) is 0 Å². The molecule has 0 aromatic heterocycles. The van der Waals surface area contributed by atoms with Crippen LogP contribution in [0.15, 0.2) is 24.3 Å². The van der Waals surface area contributed by atoms with Crippen molar-refractivity contribution in [2.75, 3.05) is 0 Å². The minimum Gasteiger partial charge on any atom is -0.0842 e. The summed E-state index contributed by atoms with van der Waals surface area (Å²) in [6, 6.07) is 0. The van der Waals surface area contributed by atoms with E-state index in [4.69, 9.17) is 18.6 Å². The Bertz CT molecular complexity index is 535. The smallest absolute Gasteiger partial charge is 0 e. The van der Waals surface area contributed by atoms with Crippen LogP contribution in [0.3, 0.4) is 0 Å². The van der Waals surface area contributed by atoms with Crippen LogP contribution in [0.2, 0.25) is 0 Å². The van der Waals surface area contributed by atoms with Crippen LogP contribution in [0.5, 0.6) is 0 Å². The normalized spacial score (nSPS) is 42.6. The van der Waals surface area contributed by atoms with Gasteiger partial charge in [-0.1, -0.05) is 24.3 Å². The monoisotopic (exact) mass is 418 g/mol. The van der Waals surface area contributed by atoms with E-state index in [1.54, 1.807) is 0 Å². The Hall–Kier alpha value is -0.872. The van der Waals surface area contributed by atoms with Gasteiger partial charge in [0.2, 0.25) is 0 Å². The van der Waals surface area contributed by atoms with Crippen LogP contribution in [0, 0.1) is 99.6 Å². The molecule has 0 N–H and O–H groups in total. The standard InChI is InChI=1S/C16H16.4CO.Mo/c1-3-13-11-7-8-15-12-6-5-10(11)9(1)2-4-14(12)16(13)15;4*1-2;/h1-16H;;;;;/b4-2-;;;;;. The minimum atomic E-state index is 0. The molecule has 0 aromatic carbocycles. The van der Waals surface area contributed by atoms with Crippen LogP contribution in [-0.4, -0.2) is 0 Å². The predicted octanol–water partition coefficient (Wildman–Crippen LogP) is 2.76. The molecule has 4 nitrogen and oxygen atoms in total. The number of rotatable bonds is 0. The van der Waals surface area contributed by atoms with Gasteiger partial charge in [-0.25, -0.2) is 0 Å². The van der Waals surface area contributed by atoms with Gasteiger partial charge in [0.05, 0.1) is 0 Å². The Kier molecular flexibility index (Phi) is 11.3. The minimum absolute atomic E-state index is 0. The molecule has 0 amide bonds. The largest absolute Gasteiger partial charge is 0.0842 e. The van der Waals surface area contributed by atoms with Crippen molar-refractivity contribution in [3.8, 4) is 0 Å². The Balaban J connectivity index is 0.000000575. The molecule has 8 unspecified atom stereocenters. The molecule has 0 aliphatic heterocycles. The zero-order chi connectivity index (χ0) is 18.3. The second kappa shape index (κ2) is 11.7. The molecule has 4 radical (unpaired) electrons. The van der Waals surface area contributed by atoms with E-state index in [2.05, 4.69) is 76.6 Å². The first-order chi connectivity index (χ1) is 11.9. The molecular formula is C20H16MoO4. The molecule has 0 saturated heterocycles. The maximum absolute atomic E-state index is 7.50. The summed E-state index contributed by atoms with van der Waals surface area (Å²) >= 11 is 0. The van der Waals surface area contributed by atoms with E-state index >= 15 is 0 Å². The van der Waals surface area contributed by atoms with Gasteiger partial charge in [-0.05, 0) is 73.0 Å². The number of hydrogen-bond donors (Lipinski definition) is 0. The molecule has 0 heterocycles. The zero-order valence-electron chi connectivity index (χ0n) is 13.3. The third-order valence-corrected chi connectivity index (χ3v) is 5.78. The van der Waals surface area contributed by atoms with Crippen molar-refractivity contribution in [1.29, 1.82) is 0 Å². The summed E-state index contributed by atoms with van der Waals surface area (Å²) < 4.78 is 30.0. The zero-order valence-corrected chi connectivity index (χ0v) is 15.3. The van der Waals surface area contributed by atoms with Crippen LogP contribution in [0.25, 0.3) is 0 Å². The molecular weight excluding hydrogens is 400 g/mol. The number of hydrogen-bond acceptors (Lipinski definition) is 0. The second-order valence-electron chi connectivity index (χ2n) is 6.16. The summed E-state index contributed by atoms with van der Waals surface area (Å²) in [5.41, 5.74) is 0. The predicted molar refractivity (Wildman–Crippen MR) is 79.1 cm³/mol. The Morgan fingerprint density at radius 2 is 0.800 bits per heavy atom. The molecule has 8 rings (SSSR count). The maximum Gasteiger partial charge on any atom is 0 e. The van der Waals surface area contributed by atoms with Crippen LogP contribution < -0.4 is 0 Å². The maximum atomic E-state index is 7.50. The summed E-state index contributed by atoms with van der Waals surface area (Å²) in [4.78, 5) is 0. The fourth-order valence-corrected chi connectivity index (χ4v) is 5.05. The summed E-state index contributed by atoms with van der Waals surface area (Å²) in [5.74, 6) is 6.46. The van der Waals surface area contributed by atoms with E-state index in [0.717, 1.165) is 41.4 Å². The summed E-state index contributed by atoms with van der Waals surface area (Å²) in [5, 5.41) is 0. The summed E-state index contributed by atoms with van der Waals surface area (Å²) in [6.45, 7) is 18.0. The van der Waals surface area contributed by atoms with E-state index < -0.39 is 0 Å². The fourth-order valence-electron chi connectivity index (χ4n) is 5.05. The van der Waals surface area contributed by atoms with Crippen molar-refractivity contribution in [3.05, 3.63) is 76.6 Å².